The molecule has 1 aliphatic rings. The molecule has 0 saturated heterocycles. The van der Waals surface area contributed by atoms with Crippen molar-refractivity contribution in [1.82, 2.24) is 9.32 Å². The molecule has 220 valence electrons. The lowest BCUT2D eigenvalue weighted by Crippen LogP contribution is -2.44. The Bertz CT molecular complexity index is 1640. The van der Waals surface area contributed by atoms with E-state index < -0.39 is 23.4 Å². The molecule has 0 aliphatic heterocycles. The maximum Gasteiger partial charge on any atom is 0.266 e. The molecule has 0 unspecified atom stereocenters. The van der Waals surface area contributed by atoms with Crippen molar-refractivity contribution in [3.63, 3.8) is 0 Å². The van der Waals surface area contributed by atoms with Crippen LogP contribution in [0.25, 0.3) is 21.2 Å². The largest absolute Gasteiger partial charge is 0.496 e. The van der Waals surface area contributed by atoms with Crippen molar-refractivity contribution in [2.24, 2.45) is 5.73 Å². The Morgan fingerprint density at radius 1 is 0.976 bits per heavy atom. The number of hydrogen-bond acceptors (Lipinski definition) is 5. The number of halogens is 4. The number of nitrogens with zero attached hydrogens (tertiary/aromatic N) is 2. The van der Waals surface area contributed by atoms with Gasteiger partial charge in [0, 0.05) is 36.8 Å². The highest BCUT2D eigenvalue weighted by atomic mass is 35.5. The number of amides is 2. The van der Waals surface area contributed by atoms with Crippen LogP contribution in [0.15, 0.2) is 54.6 Å². The van der Waals surface area contributed by atoms with Gasteiger partial charge in [0.15, 0.2) is 0 Å². The minimum Gasteiger partial charge on any atom is -0.496 e. The van der Waals surface area contributed by atoms with Crippen molar-refractivity contribution in [3.05, 3.63) is 87.3 Å². The second kappa shape index (κ2) is 12.6. The first-order chi connectivity index (χ1) is 20.1. The molecule has 0 atom stereocenters. The summed E-state index contributed by atoms with van der Waals surface area (Å²) in [6.07, 6.45) is 2.94. The summed E-state index contributed by atoms with van der Waals surface area (Å²) in [6, 6.07) is 14.6. The van der Waals surface area contributed by atoms with Gasteiger partial charge in [0.2, 0.25) is 5.91 Å². The van der Waals surface area contributed by atoms with Gasteiger partial charge in [0.05, 0.1) is 22.2 Å². The van der Waals surface area contributed by atoms with E-state index in [2.05, 4.69) is 0 Å². The quantitative estimate of drug-likeness (QED) is 0.203. The summed E-state index contributed by atoms with van der Waals surface area (Å²) in [4.78, 5) is 27.6. The first-order valence-electron chi connectivity index (χ1n) is 13.4. The van der Waals surface area contributed by atoms with Crippen molar-refractivity contribution >= 4 is 56.6 Å². The molecule has 2 N–H and O–H groups in total. The Morgan fingerprint density at radius 2 is 1.60 bits per heavy atom. The lowest BCUT2D eigenvalue weighted by atomic mass is 9.89. The number of carbonyl (C=O) groups is 2. The number of benzene rings is 3. The number of rotatable bonds is 8. The molecule has 1 aromatic heterocycles. The zero-order valence-electron chi connectivity index (χ0n) is 23.0. The van der Waals surface area contributed by atoms with Gasteiger partial charge in [-0.1, -0.05) is 29.8 Å². The second-order valence-corrected chi connectivity index (χ2v) is 12.3. The van der Waals surface area contributed by atoms with Crippen LogP contribution in [0.2, 0.25) is 5.02 Å². The fourth-order valence-corrected chi connectivity index (χ4v) is 7.25. The zero-order valence-corrected chi connectivity index (χ0v) is 25.3. The van der Waals surface area contributed by atoms with Crippen LogP contribution in [-0.4, -0.2) is 47.4 Å². The normalized spacial score (nSPS) is 17.0. The fourth-order valence-electron chi connectivity index (χ4n) is 5.55. The molecule has 0 bridgehead atoms. The van der Waals surface area contributed by atoms with Crippen LogP contribution in [0, 0.1) is 11.6 Å². The molecule has 4 aromatic rings. The summed E-state index contributed by atoms with van der Waals surface area (Å²) in [6.45, 7) is 0.177. The highest BCUT2D eigenvalue weighted by molar-refractivity contribution is 7.21. The van der Waals surface area contributed by atoms with E-state index in [4.69, 9.17) is 33.8 Å². The van der Waals surface area contributed by atoms with Gasteiger partial charge in [-0.05, 0) is 85.0 Å². The Balaban J connectivity index is 1.54. The molecule has 3 aromatic carbocycles. The van der Waals surface area contributed by atoms with Gasteiger partial charge in [-0.3, -0.25) is 9.59 Å². The van der Waals surface area contributed by atoms with E-state index in [1.54, 1.807) is 40.7 Å². The lowest BCUT2D eigenvalue weighted by molar-refractivity contribution is 0.0589. The van der Waals surface area contributed by atoms with Crippen molar-refractivity contribution in [2.45, 2.75) is 44.3 Å². The van der Waals surface area contributed by atoms with Crippen LogP contribution >= 0.6 is 34.7 Å². The van der Waals surface area contributed by atoms with E-state index >= 15 is 0 Å². The van der Waals surface area contributed by atoms with E-state index in [0.717, 1.165) is 53.0 Å². The summed E-state index contributed by atoms with van der Waals surface area (Å²) < 4.78 is 36.6. The van der Waals surface area contributed by atoms with Crippen molar-refractivity contribution in [2.75, 3.05) is 14.2 Å². The van der Waals surface area contributed by atoms with Crippen LogP contribution in [0.4, 0.5) is 8.78 Å². The van der Waals surface area contributed by atoms with E-state index in [-0.39, 0.29) is 38.6 Å². The van der Waals surface area contributed by atoms with E-state index in [0.29, 0.717) is 24.2 Å². The van der Waals surface area contributed by atoms with Crippen molar-refractivity contribution in [1.29, 1.82) is 0 Å². The zero-order chi connectivity index (χ0) is 30.1. The summed E-state index contributed by atoms with van der Waals surface area (Å²) in [7, 11) is 3.38. The van der Waals surface area contributed by atoms with E-state index in [1.807, 2.05) is 25.2 Å². The first kappa shape index (κ1) is 30.2. The van der Waals surface area contributed by atoms with Gasteiger partial charge >= 0.3 is 0 Å². The van der Waals surface area contributed by atoms with Crippen molar-refractivity contribution in [3.8, 4) is 16.9 Å². The van der Waals surface area contributed by atoms with Crippen LogP contribution in [-0.2, 0) is 6.54 Å². The molecule has 2 amide bonds. The van der Waals surface area contributed by atoms with Crippen LogP contribution < -0.4 is 10.5 Å². The van der Waals surface area contributed by atoms with Gasteiger partial charge in [0.1, 0.15) is 22.3 Å². The maximum absolute atomic E-state index is 14.7. The molecule has 1 heterocycles. The minimum absolute atomic E-state index is 0.00904. The Kier molecular flexibility index (Phi) is 9.03. The average molecular weight is 633 g/mol. The average Bonchev–Trinajstić information content (AvgIpc) is 3.35. The summed E-state index contributed by atoms with van der Waals surface area (Å²) in [5, 5.41) is -0.178. The van der Waals surface area contributed by atoms with Crippen LogP contribution in [0.1, 0.15) is 51.3 Å². The lowest BCUT2D eigenvalue weighted by Gasteiger charge is -2.38. The maximum atomic E-state index is 14.7. The molecule has 1 saturated carbocycles. The molecule has 1 fully saturated rings. The number of hydrogen-bond donors (Lipinski definition) is 1. The molecular formula is C31H29Cl2F2N3O3S. The smallest absolute Gasteiger partial charge is 0.266 e. The third-order valence-electron chi connectivity index (χ3n) is 7.87. The summed E-state index contributed by atoms with van der Waals surface area (Å²) in [5.74, 6) is -1.65. The highest BCUT2D eigenvalue weighted by Crippen LogP contribution is 2.41. The minimum atomic E-state index is -0.680. The third kappa shape index (κ3) is 5.97. The molecule has 5 rings (SSSR count). The summed E-state index contributed by atoms with van der Waals surface area (Å²) >= 11 is 13.6. The topological polar surface area (TPSA) is 75.9 Å². The number of ether oxygens (including phenoxy) is 1. The molecule has 6 nitrogen and oxygen atoms in total. The van der Waals surface area contributed by atoms with E-state index in [9.17, 15) is 18.4 Å². The monoisotopic (exact) mass is 631 g/mol. The molecule has 42 heavy (non-hydrogen) atoms. The Morgan fingerprint density at radius 3 is 2.19 bits per heavy atom. The number of methoxy groups -OCH3 is 1. The number of carbonyl (C=O) groups excluding carboxylic acids is 2. The van der Waals surface area contributed by atoms with Gasteiger partial charge in [-0.25, -0.2) is 13.2 Å². The molecule has 11 heteroatoms. The molecule has 0 radical (unpaired) electrons. The summed E-state index contributed by atoms with van der Waals surface area (Å²) in [5.41, 5.74) is 8.24. The Labute approximate surface area is 256 Å². The van der Waals surface area contributed by atoms with Gasteiger partial charge in [-0.15, -0.1) is 11.3 Å². The standard InChI is InChI=1S/C31H29Cl2F2N3O3S/c1-37(33)21-8-10-22(11-9-21)38(31(40)29-27(32)26-23(34)12-13-24(35)28(26)42-29)16-20-15-19(7-14-25(20)41-2)17-3-5-18(6-4-17)30(36)39/h3-7,12-15,21-22H,8-11,16H2,1-2H3,(H2,36,39). The number of nitrogens with two attached hydrogens (primary N) is 1. The van der Waals surface area contributed by atoms with Crippen molar-refractivity contribution < 1.29 is 23.1 Å². The van der Waals surface area contributed by atoms with Crippen LogP contribution in [0.5, 0.6) is 5.75 Å². The SMILES string of the molecule is COc1ccc(-c2ccc(C(N)=O)cc2)cc1CN(C(=O)c1sc2c(F)ccc(F)c2c1Cl)C1CCC(N(C)Cl)CC1. The van der Waals surface area contributed by atoms with Crippen LogP contribution in [0.3, 0.4) is 0 Å². The first-order valence-corrected chi connectivity index (χ1v) is 14.9. The third-order valence-corrected chi connectivity index (χ3v) is 9.82. The van der Waals surface area contributed by atoms with Gasteiger partial charge in [-0.2, -0.15) is 0 Å². The van der Waals surface area contributed by atoms with E-state index in [1.165, 1.54) is 0 Å². The van der Waals surface area contributed by atoms with Gasteiger partial charge < -0.3 is 15.4 Å². The number of primary amides is 1. The molecular weight excluding hydrogens is 603 g/mol. The number of thiophene rings is 1. The number of fused-ring (bicyclic) bond motifs is 1. The van der Waals surface area contributed by atoms with Gasteiger partial charge in [0.25, 0.3) is 5.91 Å². The molecule has 1 aliphatic carbocycles. The second-order valence-electron chi connectivity index (χ2n) is 10.4. The highest BCUT2D eigenvalue weighted by Gasteiger charge is 2.34. The fraction of sp³-hybridized carbons (Fsp3) is 0.290. The molecule has 0 spiro atoms. The Hall–Kier alpha value is -3.24. The predicted octanol–water partition coefficient (Wildman–Crippen LogP) is 7.65. The predicted molar refractivity (Wildman–Crippen MR) is 163 cm³/mol.